The molecule has 0 bridgehead atoms. The van der Waals surface area contributed by atoms with E-state index in [2.05, 4.69) is 20.8 Å². The van der Waals surface area contributed by atoms with Gasteiger partial charge in [-0.05, 0) is 0 Å². The Labute approximate surface area is 59.7 Å². The molecule has 0 aromatic carbocycles. The average Bonchev–Trinajstić information content (AvgIpc) is 1.83. The maximum atomic E-state index is 2.31. The first-order valence-electron chi connectivity index (χ1n) is 3.51. The molecule has 1 radical (unpaired) electrons. The number of rotatable bonds is 4. The van der Waals surface area contributed by atoms with Crippen LogP contribution in [0.15, 0.2) is 0 Å². The second kappa shape index (κ2) is 5.69. The first kappa shape index (κ1) is 8.56. The molecule has 0 nitrogen and oxygen atoms in total. The first-order valence-corrected chi connectivity index (χ1v) is 5.92. The minimum atomic E-state index is 0.689. The summed E-state index contributed by atoms with van der Waals surface area (Å²) in [6, 6.07) is 0. The fourth-order valence-corrected chi connectivity index (χ4v) is 2.97. The second-order valence-electron chi connectivity index (χ2n) is 1.97. The van der Waals surface area contributed by atoms with Crippen molar-refractivity contribution in [2.45, 2.75) is 43.5 Å². The van der Waals surface area contributed by atoms with Gasteiger partial charge in [-0.2, -0.15) is 0 Å². The zero-order valence-electron chi connectivity index (χ0n) is 6.15. The van der Waals surface area contributed by atoms with Crippen molar-refractivity contribution in [1.82, 2.24) is 0 Å². The molecule has 0 saturated heterocycles. The van der Waals surface area contributed by atoms with Crippen molar-refractivity contribution in [2.75, 3.05) is 0 Å². The molecule has 49 valence electrons. The van der Waals surface area contributed by atoms with Crippen LogP contribution in [0.3, 0.4) is 0 Å². The Bertz CT molecular complexity index is 39.7. The quantitative estimate of drug-likeness (QED) is 0.576. The molecule has 0 atom stereocenters. The zero-order valence-corrected chi connectivity index (χ0v) is 8.02. The fraction of sp³-hybridized carbons (Fsp3) is 1.00. The maximum absolute atomic E-state index is 2.31. The Hall–Kier alpha value is 0.558. The summed E-state index contributed by atoms with van der Waals surface area (Å²) in [4.78, 5) is 0. The van der Waals surface area contributed by atoms with Gasteiger partial charge in [0.2, 0.25) is 0 Å². The van der Waals surface area contributed by atoms with Crippen LogP contribution in [0.5, 0.6) is 0 Å². The summed E-state index contributed by atoms with van der Waals surface area (Å²) in [6.07, 6.45) is 2.81. The van der Waals surface area contributed by atoms with Gasteiger partial charge in [0.15, 0.2) is 0 Å². The number of hydrogen-bond acceptors (Lipinski definition) is 0. The summed E-state index contributed by atoms with van der Waals surface area (Å²) in [6.45, 7) is 6.91. The van der Waals surface area contributed by atoms with Crippen LogP contribution >= 0.6 is 0 Å². The monoisotopic (exact) mass is 175 g/mol. The van der Waals surface area contributed by atoms with Gasteiger partial charge in [0, 0.05) is 0 Å². The van der Waals surface area contributed by atoms with Crippen LogP contribution in [0.25, 0.3) is 0 Å². The summed E-state index contributed by atoms with van der Waals surface area (Å²) in [7, 11) is 0. The summed E-state index contributed by atoms with van der Waals surface area (Å²) >= 11 is 0.689. The van der Waals surface area contributed by atoms with Crippen LogP contribution in [0, 0.1) is 0 Å². The molecule has 0 saturated carbocycles. The van der Waals surface area contributed by atoms with E-state index >= 15 is 0 Å². The summed E-state index contributed by atoms with van der Waals surface area (Å²) in [5.41, 5.74) is 0. The van der Waals surface area contributed by atoms with Gasteiger partial charge < -0.3 is 0 Å². The van der Waals surface area contributed by atoms with Crippen molar-refractivity contribution >= 4 is 15.8 Å². The average molecular weight is 175 g/mol. The Kier molecular flexibility index (Phi) is 6.09. The predicted octanol–water partition coefficient (Wildman–Crippen LogP) is 2.74. The van der Waals surface area contributed by atoms with Gasteiger partial charge in [-0.3, -0.25) is 0 Å². The van der Waals surface area contributed by atoms with Crippen molar-refractivity contribution in [3.8, 4) is 0 Å². The molecule has 0 aromatic heterocycles. The van der Waals surface area contributed by atoms with Gasteiger partial charge >= 0.3 is 59.3 Å². The molecule has 0 aromatic rings. The van der Waals surface area contributed by atoms with E-state index in [1.165, 1.54) is 18.1 Å². The Morgan fingerprint density at radius 2 is 1.62 bits per heavy atom. The number of hydrogen-bond donors (Lipinski definition) is 0. The van der Waals surface area contributed by atoms with Crippen LogP contribution in [0.1, 0.15) is 33.6 Å². The van der Waals surface area contributed by atoms with Crippen molar-refractivity contribution in [2.24, 2.45) is 0 Å². The van der Waals surface area contributed by atoms with E-state index in [9.17, 15) is 0 Å². The molecule has 0 aliphatic carbocycles. The van der Waals surface area contributed by atoms with Gasteiger partial charge in [0.05, 0.1) is 0 Å². The third-order valence-corrected chi connectivity index (χ3v) is 4.77. The van der Waals surface area contributed by atoms with E-state index < -0.39 is 0 Å². The molecular formula is C7H16As. The molecule has 1 heteroatoms. The molecule has 0 fully saturated rings. The fourth-order valence-electron chi connectivity index (χ4n) is 0.805. The van der Waals surface area contributed by atoms with Crippen LogP contribution < -0.4 is 0 Å². The zero-order chi connectivity index (χ0) is 6.41. The molecule has 0 spiro atoms. The van der Waals surface area contributed by atoms with Gasteiger partial charge in [-0.25, -0.2) is 0 Å². The SMILES string of the molecule is CC[As]C(CC)CC. The molecule has 0 heterocycles. The van der Waals surface area contributed by atoms with Crippen LogP contribution in [-0.4, -0.2) is 15.8 Å². The van der Waals surface area contributed by atoms with Crippen molar-refractivity contribution in [3.05, 3.63) is 0 Å². The molecule has 0 rings (SSSR count). The van der Waals surface area contributed by atoms with Crippen LogP contribution in [0.4, 0.5) is 0 Å². The summed E-state index contributed by atoms with van der Waals surface area (Å²) < 4.78 is 1.09. The Balaban J connectivity index is 3.07. The normalized spacial score (nSPS) is 12.0. The summed E-state index contributed by atoms with van der Waals surface area (Å²) in [5.74, 6) is 0. The predicted molar refractivity (Wildman–Crippen MR) is 40.6 cm³/mol. The Morgan fingerprint density at radius 3 is 1.75 bits per heavy atom. The van der Waals surface area contributed by atoms with Crippen molar-refractivity contribution < 1.29 is 0 Å². The molecular weight excluding hydrogens is 159 g/mol. The van der Waals surface area contributed by atoms with Crippen molar-refractivity contribution in [1.29, 1.82) is 0 Å². The molecule has 0 aliphatic heterocycles. The van der Waals surface area contributed by atoms with Gasteiger partial charge in [-0.1, -0.05) is 0 Å². The van der Waals surface area contributed by atoms with Gasteiger partial charge in [0.1, 0.15) is 0 Å². The molecule has 0 unspecified atom stereocenters. The Morgan fingerprint density at radius 1 is 1.12 bits per heavy atom. The van der Waals surface area contributed by atoms with Gasteiger partial charge in [-0.15, -0.1) is 0 Å². The van der Waals surface area contributed by atoms with E-state index in [1.807, 2.05) is 0 Å². The topological polar surface area (TPSA) is 0 Å². The van der Waals surface area contributed by atoms with Crippen molar-refractivity contribution in [3.63, 3.8) is 0 Å². The molecule has 0 amide bonds. The molecule has 8 heavy (non-hydrogen) atoms. The molecule has 0 N–H and O–H groups in total. The van der Waals surface area contributed by atoms with Crippen LogP contribution in [-0.2, 0) is 0 Å². The summed E-state index contributed by atoms with van der Waals surface area (Å²) in [5, 5.41) is 1.45. The van der Waals surface area contributed by atoms with Gasteiger partial charge in [0.25, 0.3) is 0 Å². The molecule has 0 aliphatic rings. The van der Waals surface area contributed by atoms with E-state index in [4.69, 9.17) is 0 Å². The van der Waals surface area contributed by atoms with E-state index in [0.29, 0.717) is 15.8 Å². The van der Waals surface area contributed by atoms with E-state index in [0.717, 1.165) is 4.71 Å². The minimum absolute atomic E-state index is 0.689. The second-order valence-corrected chi connectivity index (χ2v) is 5.59. The standard InChI is InChI=1S/C7H16As/c1-4-7(5-2)8-6-3/h7H,4-6H2,1-3H3. The van der Waals surface area contributed by atoms with Crippen LogP contribution in [0.2, 0.25) is 9.91 Å². The van der Waals surface area contributed by atoms with E-state index in [-0.39, 0.29) is 0 Å². The van der Waals surface area contributed by atoms with E-state index in [1.54, 1.807) is 0 Å². The third kappa shape index (κ3) is 3.55. The first-order chi connectivity index (χ1) is 3.85. The third-order valence-electron chi connectivity index (χ3n) is 1.38.